The summed E-state index contributed by atoms with van der Waals surface area (Å²) < 4.78 is 18.9. The summed E-state index contributed by atoms with van der Waals surface area (Å²) in [5.74, 6) is 1.14. The van der Waals surface area contributed by atoms with E-state index in [-0.39, 0.29) is 5.82 Å². The predicted molar refractivity (Wildman–Crippen MR) is 89.3 cm³/mol. The number of rotatable bonds is 3. The average Bonchev–Trinajstić information content (AvgIpc) is 2.92. The molecule has 3 aromatic rings. The summed E-state index contributed by atoms with van der Waals surface area (Å²) in [5, 5.41) is 1.07. The van der Waals surface area contributed by atoms with E-state index in [4.69, 9.17) is 4.74 Å². The van der Waals surface area contributed by atoms with Crippen molar-refractivity contribution in [2.24, 2.45) is 5.92 Å². The van der Waals surface area contributed by atoms with Crippen LogP contribution in [0.2, 0.25) is 0 Å². The fourth-order valence-electron chi connectivity index (χ4n) is 3.09. The Hall–Kier alpha value is -2.01. The van der Waals surface area contributed by atoms with Crippen LogP contribution < -0.4 is 4.74 Å². The Labute approximate surface area is 138 Å². The third-order valence-corrected chi connectivity index (χ3v) is 5.51. The molecular weight excluding hydrogens is 311 g/mol. The summed E-state index contributed by atoms with van der Waals surface area (Å²) in [4.78, 5) is 11.2. The summed E-state index contributed by atoms with van der Waals surface area (Å²) in [7, 11) is 0. The number of nitrogens with zero attached hydrogens (tertiary/aromatic N) is 2. The Bertz CT molecular complexity index is 844. The number of thiophene rings is 1. The topological polar surface area (TPSA) is 35.0 Å². The smallest absolute Gasteiger partial charge is 0.225 e. The van der Waals surface area contributed by atoms with Crippen LogP contribution >= 0.6 is 11.3 Å². The molecule has 118 valence electrons. The van der Waals surface area contributed by atoms with Gasteiger partial charge < -0.3 is 4.74 Å². The number of hydrogen-bond acceptors (Lipinski definition) is 4. The molecule has 0 radical (unpaired) electrons. The molecule has 1 aliphatic carbocycles. The molecule has 2 aromatic heterocycles. The van der Waals surface area contributed by atoms with Crippen molar-refractivity contribution in [3.05, 3.63) is 52.4 Å². The third-order valence-electron chi connectivity index (χ3n) is 4.35. The van der Waals surface area contributed by atoms with Gasteiger partial charge in [-0.05, 0) is 48.4 Å². The zero-order valence-electron chi connectivity index (χ0n) is 12.9. The molecule has 23 heavy (non-hydrogen) atoms. The van der Waals surface area contributed by atoms with Gasteiger partial charge in [-0.1, -0.05) is 19.1 Å². The maximum absolute atomic E-state index is 13.0. The second-order valence-electron chi connectivity index (χ2n) is 6.13. The molecule has 1 atom stereocenters. The van der Waals surface area contributed by atoms with E-state index in [2.05, 4.69) is 16.9 Å². The number of ether oxygens (including phenoxy) is 1. The largest absolute Gasteiger partial charge is 0.472 e. The number of aromatic nitrogens is 2. The maximum atomic E-state index is 13.0. The van der Waals surface area contributed by atoms with Crippen LogP contribution in [0.15, 0.2) is 30.6 Å². The Morgan fingerprint density at radius 2 is 2.09 bits per heavy atom. The van der Waals surface area contributed by atoms with Crippen LogP contribution in [-0.4, -0.2) is 9.97 Å². The first-order valence-electron chi connectivity index (χ1n) is 7.83. The lowest BCUT2D eigenvalue weighted by Crippen LogP contribution is -2.09. The van der Waals surface area contributed by atoms with Gasteiger partial charge in [0.1, 0.15) is 23.6 Å². The highest BCUT2D eigenvalue weighted by molar-refractivity contribution is 7.18. The fraction of sp³-hybridized carbons (Fsp3) is 0.333. The van der Waals surface area contributed by atoms with E-state index >= 15 is 0 Å². The summed E-state index contributed by atoms with van der Waals surface area (Å²) in [6.07, 6.45) is 4.95. The zero-order chi connectivity index (χ0) is 15.8. The zero-order valence-corrected chi connectivity index (χ0v) is 13.7. The highest BCUT2D eigenvalue weighted by atomic mass is 32.1. The van der Waals surface area contributed by atoms with Crippen LogP contribution in [0.3, 0.4) is 0 Å². The van der Waals surface area contributed by atoms with Crippen LogP contribution in [0.4, 0.5) is 4.39 Å². The summed E-state index contributed by atoms with van der Waals surface area (Å²) in [6, 6.07) is 6.36. The lowest BCUT2D eigenvalue weighted by atomic mass is 9.89. The summed E-state index contributed by atoms with van der Waals surface area (Å²) in [5.41, 5.74) is 2.29. The van der Waals surface area contributed by atoms with E-state index in [1.165, 1.54) is 29.0 Å². The molecule has 5 heteroatoms. The number of aryl methyl sites for hydroxylation is 1. The van der Waals surface area contributed by atoms with Crippen molar-refractivity contribution in [2.75, 3.05) is 0 Å². The van der Waals surface area contributed by atoms with Gasteiger partial charge in [-0.3, -0.25) is 0 Å². The molecule has 0 spiro atoms. The molecule has 0 unspecified atom stereocenters. The number of hydrogen-bond donors (Lipinski definition) is 0. The molecule has 1 aliphatic rings. The van der Waals surface area contributed by atoms with Crippen molar-refractivity contribution >= 4 is 21.6 Å². The van der Waals surface area contributed by atoms with Gasteiger partial charge in [0, 0.05) is 4.88 Å². The van der Waals surface area contributed by atoms with Crippen molar-refractivity contribution in [3.8, 4) is 5.88 Å². The minimum absolute atomic E-state index is 0.237. The van der Waals surface area contributed by atoms with E-state index in [1.54, 1.807) is 29.8 Å². The van der Waals surface area contributed by atoms with Gasteiger partial charge in [0.15, 0.2) is 0 Å². The van der Waals surface area contributed by atoms with Gasteiger partial charge in [-0.2, -0.15) is 0 Å². The van der Waals surface area contributed by atoms with Gasteiger partial charge in [-0.15, -0.1) is 11.3 Å². The standard InChI is InChI=1S/C18H17FN2OS/c1-11-2-7-14-15(8-11)23-18-16(14)17(20-10-21-18)22-9-12-3-5-13(19)6-4-12/h3-6,10-11H,2,7-9H2,1H3/t11-/m0/s1. The molecule has 0 aliphatic heterocycles. The minimum atomic E-state index is -0.237. The van der Waals surface area contributed by atoms with Crippen molar-refractivity contribution in [3.63, 3.8) is 0 Å². The van der Waals surface area contributed by atoms with Gasteiger partial charge in [0.2, 0.25) is 5.88 Å². The normalized spacial score (nSPS) is 17.2. The van der Waals surface area contributed by atoms with Gasteiger partial charge >= 0.3 is 0 Å². The van der Waals surface area contributed by atoms with E-state index in [0.29, 0.717) is 12.5 Å². The Morgan fingerprint density at radius 3 is 2.91 bits per heavy atom. The van der Waals surface area contributed by atoms with Gasteiger partial charge in [-0.25, -0.2) is 14.4 Å². The van der Waals surface area contributed by atoms with E-state index in [9.17, 15) is 4.39 Å². The average molecular weight is 328 g/mol. The molecule has 0 saturated carbocycles. The predicted octanol–water partition coefficient (Wildman–Crippen LogP) is 4.53. The van der Waals surface area contributed by atoms with Crippen molar-refractivity contribution in [2.45, 2.75) is 32.8 Å². The maximum Gasteiger partial charge on any atom is 0.225 e. The summed E-state index contributed by atoms with van der Waals surface area (Å²) in [6.45, 7) is 2.68. The van der Waals surface area contributed by atoms with Gasteiger partial charge in [0.05, 0.1) is 5.39 Å². The molecule has 1 aromatic carbocycles. The Kier molecular flexibility index (Phi) is 3.73. The van der Waals surface area contributed by atoms with Crippen molar-refractivity contribution < 1.29 is 9.13 Å². The van der Waals surface area contributed by atoms with Crippen LogP contribution in [-0.2, 0) is 19.4 Å². The van der Waals surface area contributed by atoms with E-state index < -0.39 is 0 Å². The van der Waals surface area contributed by atoms with Crippen LogP contribution in [0.1, 0.15) is 29.3 Å². The molecule has 0 saturated heterocycles. The molecule has 0 fully saturated rings. The van der Waals surface area contributed by atoms with Crippen molar-refractivity contribution in [1.82, 2.24) is 9.97 Å². The molecule has 0 amide bonds. The summed E-state index contributed by atoms with van der Waals surface area (Å²) >= 11 is 1.76. The van der Waals surface area contributed by atoms with Crippen LogP contribution in [0.5, 0.6) is 5.88 Å². The van der Waals surface area contributed by atoms with Crippen LogP contribution in [0, 0.1) is 11.7 Å². The second kappa shape index (κ2) is 5.89. The highest BCUT2D eigenvalue weighted by Crippen LogP contribution is 2.40. The first-order valence-corrected chi connectivity index (χ1v) is 8.65. The number of halogens is 1. The lowest BCUT2D eigenvalue weighted by Gasteiger charge is -2.18. The molecule has 0 N–H and O–H groups in total. The first kappa shape index (κ1) is 14.6. The SMILES string of the molecule is C[C@H]1CCc2c(sc3ncnc(OCc4ccc(F)cc4)c23)C1. The Balaban J connectivity index is 1.66. The monoisotopic (exact) mass is 328 g/mol. The third kappa shape index (κ3) is 2.81. The van der Waals surface area contributed by atoms with E-state index in [1.807, 2.05) is 0 Å². The second-order valence-corrected chi connectivity index (χ2v) is 7.21. The highest BCUT2D eigenvalue weighted by Gasteiger charge is 2.23. The van der Waals surface area contributed by atoms with Crippen LogP contribution in [0.25, 0.3) is 10.2 Å². The number of benzene rings is 1. The quantitative estimate of drug-likeness (QED) is 0.708. The molecular formula is C18H17FN2OS. The molecule has 0 bridgehead atoms. The van der Waals surface area contributed by atoms with Gasteiger partial charge in [0.25, 0.3) is 0 Å². The fourth-order valence-corrected chi connectivity index (χ4v) is 4.43. The van der Waals surface area contributed by atoms with E-state index in [0.717, 1.165) is 34.5 Å². The Morgan fingerprint density at radius 1 is 1.26 bits per heavy atom. The minimum Gasteiger partial charge on any atom is -0.472 e. The molecule has 3 nitrogen and oxygen atoms in total. The van der Waals surface area contributed by atoms with Crippen molar-refractivity contribution in [1.29, 1.82) is 0 Å². The lowest BCUT2D eigenvalue weighted by molar-refractivity contribution is 0.297. The molecule has 4 rings (SSSR count). The molecule has 2 heterocycles. The number of fused-ring (bicyclic) bond motifs is 3. The first-order chi connectivity index (χ1) is 11.2.